The topological polar surface area (TPSA) is 54.9 Å². The lowest BCUT2D eigenvalue weighted by Crippen LogP contribution is -2.39. The van der Waals surface area contributed by atoms with Gasteiger partial charge in [-0.15, -0.1) is 24.0 Å². The van der Waals surface area contributed by atoms with E-state index < -0.39 is 0 Å². The third-order valence-corrected chi connectivity index (χ3v) is 3.01. The number of rotatable bonds is 10. The van der Waals surface area contributed by atoms with E-state index in [4.69, 9.17) is 9.47 Å². The first-order valence-corrected chi connectivity index (χ1v) is 8.47. The molecule has 1 aromatic carbocycles. The fourth-order valence-electron chi connectivity index (χ4n) is 1.85. The Hall–Kier alpha value is -1.02. The number of benzene rings is 1. The molecule has 0 bridgehead atoms. The third-order valence-electron chi connectivity index (χ3n) is 3.01. The van der Waals surface area contributed by atoms with E-state index in [9.17, 15) is 0 Å². The maximum atomic E-state index is 5.69. The summed E-state index contributed by atoms with van der Waals surface area (Å²) in [5.74, 6) is 2.25. The molecule has 5 nitrogen and oxygen atoms in total. The lowest BCUT2D eigenvalue weighted by Gasteiger charge is -2.11. The van der Waals surface area contributed by atoms with Crippen molar-refractivity contribution >= 4 is 29.9 Å². The largest absolute Gasteiger partial charge is 0.493 e. The van der Waals surface area contributed by atoms with Gasteiger partial charge in [-0.25, -0.2) is 4.99 Å². The fourth-order valence-corrected chi connectivity index (χ4v) is 1.85. The van der Waals surface area contributed by atoms with Crippen LogP contribution in [0.25, 0.3) is 0 Å². The van der Waals surface area contributed by atoms with Crippen molar-refractivity contribution in [3.63, 3.8) is 0 Å². The standard InChI is InChI=1S/C18H31N3O2.HI/c1-5-19-18(20-11-12-22-6-2)21-13-16-7-9-17(10-8-16)23-14-15(3)4;/h7-10,15H,5-6,11-14H2,1-4H3,(H2,19,20,21);1H. The van der Waals surface area contributed by atoms with E-state index in [1.165, 1.54) is 0 Å². The van der Waals surface area contributed by atoms with E-state index in [1.54, 1.807) is 0 Å². The Labute approximate surface area is 163 Å². The summed E-state index contributed by atoms with van der Waals surface area (Å²) in [6, 6.07) is 8.12. The molecule has 0 aliphatic rings. The number of nitrogens with one attached hydrogen (secondary N) is 2. The Morgan fingerprint density at radius 3 is 2.42 bits per heavy atom. The van der Waals surface area contributed by atoms with E-state index >= 15 is 0 Å². The first-order valence-electron chi connectivity index (χ1n) is 8.47. The zero-order valence-electron chi connectivity index (χ0n) is 15.3. The first-order chi connectivity index (χ1) is 11.2. The first kappa shape index (κ1) is 23.0. The van der Waals surface area contributed by atoms with Crippen molar-refractivity contribution in [3.8, 4) is 5.75 Å². The Morgan fingerprint density at radius 1 is 1.12 bits per heavy atom. The van der Waals surface area contributed by atoms with E-state index in [1.807, 2.05) is 19.1 Å². The second-order valence-electron chi connectivity index (χ2n) is 5.67. The molecule has 0 atom stereocenters. The molecule has 0 heterocycles. The molecule has 6 heteroatoms. The Bertz CT molecular complexity index is 450. The van der Waals surface area contributed by atoms with Gasteiger partial charge in [-0.2, -0.15) is 0 Å². The van der Waals surface area contributed by atoms with Crippen molar-refractivity contribution in [2.45, 2.75) is 34.2 Å². The predicted octanol–water partition coefficient (Wildman–Crippen LogP) is 3.43. The molecule has 0 aromatic heterocycles. The van der Waals surface area contributed by atoms with Gasteiger partial charge in [0.1, 0.15) is 5.75 Å². The minimum absolute atomic E-state index is 0. The number of nitrogens with zero attached hydrogens (tertiary/aromatic N) is 1. The van der Waals surface area contributed by atoms with Crippen LogP contribution in [0.5, 0.6) is 5.75 Å². The molecular formula is C18H32IN3O2. The summed E-state index contributed by atoms with van der Waals surface area (Å²) in [5.41, 5.74) is 1.16. The zero-order chi connectivity index (χ0) is 16.9. The third kappa shape index (κ3) is 10.7. The van der Waals surface area contributed by atoms with Crippen LogP contribution in [0.15, 0.2) is 29.3 Å². The molecule has 0 saturated carbocycles. The average molecular weight is 449 g/mol. The number of halogens is 1. The van der Waals surface area contributed by atoms with Crippen LogP contribution < -0.4 is 15.4 Å². The van der Waals surface area contributed by atoms with Gasteiger partial charge in [0.2, 0.25) is 0 Å². The second kappa shape index (κ2) is 14.3. The van der Waals surface area contributed by atoms with Crippen LogP contribution in [0.3, 0.4) is 0 Å². The van der Waals surface area contributed by atoms with Gasteiger partial charge in [0.15, 0.2) is 5.96 Å². The van der Waals surface area contributed by atoms with Crippen LogP contribution in [-0.4, -0.2) is 38.9 Å². The minimum Gasteiger partial charge on any atom is -0.493 e. The fraction of sp³-hybridized carbons (Fsp3) is 0.611. The molecule has 0 spiro atoms. The summed E-state index contributed by atoms with van der Waals surface area (Å²) in [4.78, 5) is 4.58. The van der Waals surface area contributed by atoms with Crippen LogP contribution in [-0.2, 0) is 11.3 Å². The number of hydrogen-bond donors (Lipinski definition) is 2. The summed E-state index contributed by atoms with van der Waals surface area (Å²) >= 11 is 0. The summed E-state index contributed by atoms with van der Waals surface area (Å²) in [5, 5.41) is 6.49. The summed E-state index contributed by atoms with van der Waals surface area (Å²) < 4.78 is 11.0. The molecule has 0 fully saturated rings. The highest BCUT2D eigenvalue weighted by Gasteiger charge is 1.99. The molecule has 0 unspecified atom stereocenters. The number of hydrogen-bond acceptors (Lipinski definition) is 3. The molecule has 1 aromatic rings. The van der Waals surface area contributed by atoms with Gasteiger partial charge in [0.05, 0.1) is 19.8 Å². The van der Waals surface area contributed by atoms with Crippen LogP contribution >= 0.6 is 24.0 Å². The predicted molar refractivity (Wildman–Crippen MR) is 112 cm³/mol. The van der Waals surface area contributed by atoms with Gasteiger partial charge in [-0.1, -0.05) is 26.0 Å². The molecule has 0 aliphatic heterocycles. The van der Waals surface area contributed by atoms with Gasteiger partial charge in [0.25, 0.3) is 0 Å². The van der Waals surface area contributed by atoms with Crippen molar-refractivity contribution in [1.82, 2.24) is 10.6 Å². The van der Waals surface area contributed by atoms with Gasteiger partial charge in [-0.3, -0.25) is 0 Å². The number of aliphatic imine (C=N–C) groups is 1. The second-order valence-corrected chi connectivity index (χ2v) is 5.67. The Kier molecular flexibility index (Phi) is 13.7. The lowest BCUT2D eigenvalue weighted by atomic mass is 10.2. The zero-order valence-corrected chi connectivity index (χ0v) is 17.6. The SMILES string of the molecule is CCNC(=NCc1ccc(OCC(C)C)cc1)NCCOCC.I. The molecule has 2 N–H and O–H groups in total. The maximum Gasteiger partial charge on any atom is 0.191 e. The minimum atomic E-state index is 0. The highest BCUT2D eigenvalue weighted by Crippen LogP contribution is 2.13. The van der Waals surface area contributed by atoms with E-state index in [0.717, 1.165) is 43.6 Å². The molecule has 0 radical (unpaired) electrons. The summed E-state index contributed by atoms with van der Waals surface area (Å²) in [7, 11) is 0. The molecular weight excluding hydrogens is 417 g/mol. The quantitative estimate of drug-likeness (QED) is 0.249. The lowest BCUT2D eigenvalue weighted by molar-refractivity contribution is 0.152. The van der Waals surface area contributed by atoms with Gasteiger partial charge in [-0.05, 0) is 37.5 Å². The Morgan fingerprint density at radius 2 is 1.83 bits per heavy atom. The van der Waals surface area contributed by atoms with Gasteiger partial charge in [0, 0.05) is 19.7 Å². The van der Waals surface area contributed by atoms with Crippen LogP contribution in [0, 0.1) is 5.92 Å². The van der Waals surface area contributed by atoms with E-state index in [-0.39, 0.29) is 24.0 Å². The molecule has 0 aliphatic carbocycles. The van der Waals surface area contributed by atoms with Crippen molar-refractivity contribution in [2.75, 3.05) is 32.9 Å². The highest BCUT2D eigenvalue weighted by atomic mass is 127. The molecule has 0 amide bonds. The smallest absolute Gasteiger partial charge is 0.191 e. The van der Waals surface area contributed by atoms with Crippen molar-refractivity contribution in [2.24, 2.45) is 10.9 Å². The normalized spacial score (nSPS) is 11.1. The summed E-state index contributed by atoms with van der Waals surface area (Å²) in [6.07, 6.45) is 0. The monoisotopic (exact) mass is 449 g/mol. The van der Waals surface area contributed by atoms with Crippen molar-refractivity contribution in [3.05, 3.63) is 29.8 Å². The van der Waals surface area contributed by atoms with Crippen LogP contribution in [0.2, 0.25) is 0 Å². The van der Waals surface area contributed by atoms with Crippen molar-refractivity contribution < 1.29 is 9.47 Å². The van der Waals surface area contributed by atoms with Crippen molar-refractivity contribution in [1.29, 1.82) is 0 Å². The van der Waals surface area contributed by atoms with Crippen LogP contribution in [0.1, 0.15) is 33.3 Å². The molecule has 138 valence electrons. The average Bonchev–Trinajstić information content (AvgIpc) is 2.55. The van der Waals surface area contributed by atoms with Crippen LogP contribution in [0.4, 0.5) is 0 Å². The van der Waals surface area contributed by atoms with Gasteiger partial charge >= 0.3 is 0 Å². The maximum absolute atomic E-state index is 5.69. The summed E-state index contributed by atoms with van der Waals surface area (Å²) in [6.45, 7) is 12.7. The van der Waals surface area contributed by atoms with E-state index in [2.05, 4.69) is 48.5 Å². The highest BCUT2D eigenvalue weighted by molar-refractivity contribution is 14.0. The van der Waals surface area contributed by atoms with E-state index in [0.29, 0.717) is 19.1 Å². The number of guanidine groups is 1. The molecule has 24 heavy (non-hydrogen) atoms. The molecule has 0 saturated heterocycles. The Balaban J connectivity index is 0.00000529. The van der Waals surface area contributed by atoms with Gasteiger partial charge < -0.3 is 20.1 Å². The number of ether oxygens (including phenoxy) is 2. The molecule has 1 rings (SSSR count).